The molecule has 0 spiro atoms. The highest BCUT2D eigenvalue weighted by Gasteiger charge is 2.25. The number of piperazine rings is 1. The lowest BCUT2D eigenvalue weighted by molar-refractivity contribution is 0.0657. The van der Waals surface area contributed by atoms with Gasteiger partial charge in [0.1, 0.15) is 0 Å². The van der Waals surface area contributed by atoms with Crippen molar-refractivity contribution in [2.24, 2.45) is 10.9 Å². The minimum absolute atomic E-state index is 0.0429. The molecule has 172 valence electrons. The first kappa shape index (κ1) is 22.4. The van der Waals surface area contributed by atoms with Crippen LogP contribution in [0, 0.1) is 5.92 Å². The van der Waals surface area contributed by atoms with Gasteiger partial charge in [-0.15, -0.1) is 0 Å². The van der Waals surface area contributed by atoms with Crippen molar-refractivity contribution in [2.45, 2.75) is 32.9 Å². The fraction of sp³-hybridized carbons (Fsp3) is 0.520. The molecule has 0 saturated carbocycles. The second kappa shape index (κ2) is 10.7. The topological polar surface area (TPSA) is 64.3 Å². The number of guanidine groups is 1. The summed E-state index contributed by atoms with van der Waals surface area (Å²) < 4.78 is 5.26. The zero-order valence-electron chi connectivity index (χ0n) is 19.3. The summed E-state index contributed by atoms with van der Waals surface area (Å²) in [4.78, 5) is 23.6. The van der Waals surface area contributed by atoms with Gasteiger partial charge >= 0.3 is 0 Å². The molecule has 0 aliphatic carbocycles. The minimum atomic E-state index is -0.0429. The predicted molar refractivity (Wildman–Crippen MR) is 127 cm³/mol. The number of hydrogen-bond acceptors (Lipinski definition) is 4. The molecule has 2 aliphatic heterocycles. The van der Waals surface area contributed by atoms with Gasteiger partial charge in [0.2, 0.25) is 0 Å². The van der Waals surface area contributed by atoms with Crippen molar-refractivity contribution in [1.29, 1.82) is 0 Å². The molecule has 3 heterocycles. The molecule has 1 amide bonds. The average Bonchev–Trinajstić information content (AvgIpc) is 3.37. The zero-order chi connectivity index (χ0) is 22.3. The Labute approximate surface area is 191 Å². The third-order valence-corrected chi connectivity index (χ3v) is 6.64. The van der Waals surface area contributed by atoms with E-state index in [0.29, 0.717) is 18.8 Å². The Morgan fingerprint density at radius 2 is 1.69 bits per heavy atom. The van der Waals surface area contributed by atoms with E-state index in [4.69, 9.17) is 4.42 Å². The third kappa shape index (κ3) is 5.51. The van der Waals surface area contributed by atoms with E-state index in [0.717, 1.165) is 38.1 Å². The Morgan fingerprint density at radius 1 is 1.00 bits per heavy atom. The smallest absolute Gasteiger partial charge is 0.289 e. The van der Waals surface area contributed by atoms with Crippen LogP contribution in [-0.2, 0) is 13.1 Å². The van der Waals surface area contributed by atoms with Gasteiger partial charge in [-0.1, -0.05) is 31.2 Å². The molecule has 0 radical (unpaired) electrons. The van der Waals surface area contributed by atoms with E-state index in [-0.39, 0.29) is 5.91 Å². The molecule has 1 N–H and O–H groups in total. The number of carbonyl (C=O) groups is 1. The van der Waals surface area contributed by atoms with Crippen LogP contribution in [0.25, 0.3) is 0 Å². The van der Waals surface area contributed by atoms with Crippen molar-refractivity contribution < 1.29 is 9.21 Å². The molecular weight excluding hydrogens is 402 g/mol. The fourth-order valence-electron chi connectivity index (χ4n) is 4.53. The van der Waals surface area contributed by atoms with Crippen LogP contribution in [0.15, 0.2) is 52.1 Å². The third-order valence-electron chi connectivity index (χ3n) is 6.64. The van der Waals surface area contributed by atoms with Crippen LogP contribution in [0.5, 0.6) is 0 Å². The standard InChI is InChI=1S/C25H35N5O2/c1-20-9-11-28(12-10-20)19-22-7-4-3-6-21(22)18-27-25(26-2)30-15-13-29(14-16-30)24(31)23-8-5-17-32-23/h3-8,17,20H,9-16,18-19H2,1-2H3,(H,26,27). The van der Waals surface area contributed by atoms with Gasteiger partial charge in [-0.25, -0.2) is 0 Å². The molecule has 2 fully saturated rings. The van der Waals surface area contributed by atoms with Gasteiger partial charge in [-0.3, -0.25) is 14.7 Å². The molecular formula is C25H35N5O2. The van der Waals surface area contributed by atoms with Crippen molar-refractivity contribution in [3.05, 3.63) is 59.5 Å². The molecule has 0 atom stereocenters. The van der Waals surface area contributed by atoms with Crippen LogP contribution >= 0.6 is 0 Å². The lowest BCUT2D eigenvalue weighted by Crippen LogP contribution is -2.53. The van der Waals surface area contributed by atoms with Crippen molar-refractivity contribution in [3.63, 3.8) is 0 Å². The first-order valence-corrected chi connectivity index (χ1v) is 11.7. The number of furan rings is 1. The summed E-state index contributed by atoms with van der Waals surface area (Å²) in [6.07, 6.45) is 4.13. The van der Waals surface area contributed by atoms with E-state index in [1.54, 1.807) is 18.4 Å². The van der Waals surface area contributed by atoms with Crippen LogP contribution in [0.4, 0.5) is 0 Å². The Morgan fingerprint density at radius 3 is 2.34 bits per heavy atom. The summed E-state index contributed by atoms with van der Waals surface area (Å²) in [7, 11) is 1.82. The molecule has 2 aromatic rings. The van der Waals surface area contributed by atoms with Gasteiger partial charge in [-0.05, 0) is 55.1 Å². The van der Waals surface area contributed by atoms with Crippen LogP contribution < -0.4 is 5.32 Å². The second-order valence-electron chi connectivity index (χ2n) is 8.88. The lowest BCUT2D eigenvalue weighted by Gasteiger charge is -2.36. The molecule has 0 unspecified atom stereocenters. The maximum absolute atomic E-state index is 12.5. The highest BCUT2D eigenvalue weighted by molar-refractivity contribution is 5.91. The van der Waals surface area contributed by atoms with Crippen molar-refractivity contribution >= 4 is 11.9 Å². The summed E-state index contributed by atoms with van der Waals surface area (Å²) in [5.41, 5.74) is 2.71. The SMILES string of the molecule is CN=C(NCc1ccccc1CN1CCC(C)CC1)N1CCN(C(=O)c2ccco2)CC1. The van der Waals surface area contributed by atoms with Crippen molar-refractivity contribution in [2.75, 3.05) is 46.3 Å². The lowest BCUT2D eigenvalue weighted by atomic mass is 9.98. The van der Waals surface area contributed by atoms with Gasteiger partial charge < -0.3 is 19.5 Å². The molecule has 7 heteroatoms. The highest BCUT2D eigenvalue weighted by atomic mass is 16.3. The number of nitrogens with one attached hydrogen (secondary N) is 1. The van der Waals surface area contributed by atoms with Gasteiger partial charge in [0.15, 0.2) is 11.7 Å². The number of rotatable bonds is 5. The summed E-state index contributed by atoms with van der Waals surface area (Å²) in [5, 5.41) is 3.55. The number of amides is 1. The average molecular weight is 438 g/mol. The number of likely N-dealkylation sites (tertiary alicyclic amines) is 1. The summed E-state index contributed by atoms with van der Waals surface area (Å²) in [5.74, 6) is 2.09. The molecule has 7 nitrogen and oxygen atoms in total. The number of hydrogen-bond donors (Lipinski definition) is 1. The van der Waals surface area contributed by atoms with E-state index in [2.05, 4.69) is 51.3 Å². The quantitative estimate of drug-likeness (QED) is 0.575. The molecule has 1 aromatic carbocycles. The second-order valence-corrected chi connectivity index (χ2v) is 8.88. The van der Waals surface area contributed by atoms with Gasteiger partial charge in [0.05, 0.1) is 6.26 Å². The Bertz CT molecular complexity index is 895. The molecule has 4 rings (SSSR count). The van der Waals surface area contributed by atoms with E-state index in [9.17, 15) is 4.79 Å². The largest absolute Gasteiger partial charge is 0.459 e. The van der Waals surface area contributed by atoms with Gasteiger partial charge in [0, 0.05) is 46.3 Å². The maximum atomic E-state index is 12.5. The maximum Gasteiger partial charge on any atom is 0.289 e. The first-order chi connectivity index (χ1) is 15.6. The van der Waals surface area contributed by atoms with Gasteiger partial charge in [0.25, 0.3) is 5.91 Å². The zero-order valence-corrected chi connectivity index (χ0v) is 19.3. The van der Waals surface area contributed by atoms with Crippen molar-refractivity contribution in [3.8, 4) is 0 Å². The van der Waals surface area contributed by atoms with Crippen LogP contribution in [0.1, 0.15) is 41.4 Å². The number of benzene rings is 1. The van der Waals surface area contributed by atoms with E-state index >= 15 is 0 Å². The minimum Gasteiger partial charge on any atom is -0.459 e. The normalized spacial score (nSPS) is 18.8. The molecule has 1 aromatic heterocycles. The predicted octanol–water partition coefficient (Wildman–Crippen LogP) is 3.04. The number of carbonyl (C=O) groups excluding carboxylic acids is 1. The Kier molecular flexibility index (Phi) is 7.47. The Balaban J connectivity index is 1.30. The molecule has 0 bridgehead atoms. The molecule has 2 saturated heterocycles. The number of aliphatic imine (C=N–C) groups is 1. The summed E-state index contributed by atoms with van der Waals surface area (Å²) in [6, 6.07) is 12.2. The fourth-order valence-corrected chi connectivity index (χ4v) is 4.53. The van der Waals surface area contributed by atoms with E-state index in [1.165, 1.54) is 37.1 Å². The summed E-state index contributed by atoms with van der Waals surface area (Å²) in [6.45, 7) is 9.30. The van der Waals surface area contributed by atoms with Crippen LogP contribution in [-0.4, -0.2) is 72.9 Å². The number of nitrogens with zero attached hydrogens (tertiary/aromatic N) is 4. The Hall–Kier alpha value is -2.80. The van der Waals surface area contributed by atoms with E-state index < -0.39 is 0 Å². The monoisotopic (exact) mass is 437 g/mol. The highest BCUT2D eigenvalue weighted by Crippen LogP contribution is 2.20. The first-order valence-electron chi connectivity index (χ1n) is 11.7. The van der Waals surface area contributed by atoms with Gasteiger partial charge in [-0.2, -0.15) is 0 Å². The van der Waals surface area contributed by atoms with Crippen LogP contribution in [0.3, 0.4) is 0 Å². The number of piperidine rings is 1. The van der Waals surface area contributed by atoms with Crippen molar-refractivity contribution in [1.82, 2.24) is 20.0 Å². The van der Waals surface area contributed by atoms with Crippen LogP contribution in [0.2, 0.25) is 0 Å². The summed E-state index contributed by atoms with van der Waals surface area (Å²) >= 11 is 0. The molecule has 2 aliphatic rings. The van der Waals surface area contributed by atoms with E-state index in [1.807, 2.05) is 11.9 Å². The molecule has 32 heavy (non-hydrogen) atoms.